The van der Waals surface area contributed by atoms with Crippen molar-refractivity contribution in [2.24, 2.45) is 0 Å². The van der Waals surface area contributed by atoms with Gasteiger partial charge in [0.05, 0.1) is 0 Å². The van der Waals surface area contributed by atoms with E-state index < -0.39 is 5.97 Å². The molecule has 0 aliphatic carbocycles. The number of aromatic nitrogens is 1. The standard InChI is InChI=1S/C24H19NO5/c1-17(26)29-30-21-14-8-13-20(15-21)27-16-22-25-23(18-9-4-2-5-10-18)24(28-22)19-11-6-3-7-12-19/h2-15H,16H2,1H3. The molecule has 0 N–H and O–H groups in total. The van der Waals surface area contributed by atoms with Gasteiger partial charge in [-0.1, -0.05) is 66.7 Å². The van der Waals surface area contributed by atoms with E-state index in [0.717, 1.165) is 16.8 Å². The van der Waals surface area contributed by atoms with Crippen molar-refractivity contribution in [2.45, 2.75) is 13.5 Å². The van der Waals surface area contributed by atoms with Crippen molar-refractivity contribution < 1.29 is 23.7 Å². The zero-order valence-corrected chi connectivity index (χ0v) is 16.3. The smallest absolute Gasteiger partial charge is 0.352 e. The van der Waals surface area contributed by atoms with Gasteiger partial charge in [-0.05, 0) is 12.1 Å². The molecule has 0 spiro atoms. The first-order chi connectivity index (χ1) is 14.7. The van der Waals surface area contributed by atoms with Crippen LogP contribution >= 0.6 is 0 Å². The minimum Gasteiger partial charge on any atom is -0.484 e. The SMILES string of the molecule is CC(=O)OOc1cccc(OCc2nc(-c3ccccc3)c(-c3ccccc3)o2)c1. The average molecular weight is 401 g/mol. The largest absolute Gasteiger partial charge is 0.484 e. The van der Waals surface area contributed by atoms with Crippen molar-refractivity contribution in [2.75, 3.05) is 0 Å². The molecule has 6 nitrogen and oxygen atoms in total. The summed E-state index contributed by atoms with van der Waals surface area (Å²) in [6, 6.07) is 26.5. The lowest BCUT2D eigenvalue weighted by molar-refractivity contribution is -0.210. The van der Waals surface area contributed by atoms with Crippen molar-refractivity contribution in [3.63, 3.8) is 0 Å². The highest BCUT2D eigenvalue weighted by Crippen LogP contribution is 2.33. The molecule has 6 heteroatoms. The summed E-state index contributed by atoms with van der Waals surface area (Å²) >= 11 is 0. The molecule has 30 heavy (non-hydrogen) atoms. The molecule has 1 aromatic heterocycles. The predicted molar refractivity (Wildman–Crippen MR) is 111 cm³/mol. The Labute approximate surface area is 173 Å². The Morgan fingerprint density at radius 3 is 2.23 bits per heavy atom. The summed E-state index contributed by atoms with van der Waals surface area (Å²) in [6.45, 7) is 1.39. The number of oxazole rings is 1. The molecule has 4 rings (SSSR count). The monoisotopic (exact) mass is 401 g/mol. The minimum absolute atomic E-state index is 0.129. The van der Waals surface area contributed by atoms with Crippen LogP contribution in [0.15, 0.2) is 89.3 Å². The van der Waals surface area contributed by atoms with Gasteiger partial charge in [-0.15, -0.1) is 0 Å². The first-order valence-electron chi connectivity index (χ1n) is 9.37. The summed E-state index contributed by atoms with van der Waals surface area (Å²) in [7, 11) is 0. The maximum atomic E-state index is 10.9. The van der Waals surface area contributed by atoms with Crippen LogP contribution in [-0.2, 0) is 16.3 Å². The lowest BCUT2D eigenvalue weighted by Gasteiger charge is -2.06. The van der Waals surface area contributed by atoms with E-state index in [9.17, 15) is 4.79 Å². The second-order valence-electron chi connectivity index (χ2n) is 6.44. The van der Waals surface area contributed by atoms with Gasteiger partial charge in [0, 0.05) is 24.1 Å². The van der Waals surface area contributed by atoms with E-state index in [2.05, 4.69) is 9.87 Å². The molecule has 1 heterocycles. The summed E-state index contributed by atoms with van der Waals surface area (Å²) < 4.78 is 11.9. The Hall–Kier alpha value is -4.06. The second-order valence-corrected chi connectivity index (χ2v) is 6.44. The molecule has 0 atom stereocenters. The molecular formula is C24H19NO5. The van der Waals surface area contributed by atoms with Gasteiger partial charge in [-0.2, -0.15) is 0 Å². The predicted octanol–water partition coefficient (Wildman–Crippen LogP) is 5.44. The number of carbonyl (C=O) groups excluding carboxylic acids is 1. The Balaban J connectivity index is 1.56. The quantitative estimate of drug-likeness (QED) is 0.303. The van der Waals surface area contributed by atoms with Gasteiger partial charge in [0.25, 0.3) is 0 Å². The van der Waals surface area contributed by atoms with Crippen molar-refractivity contribution in [3.8, 4) is 34.1 Å². The van der Waals surface area contributed by atoms with Crippen molar-refractivity contribution in [1.29, 1.82) is 0 Å². The van der Waals surface area contributed by atoms with Gasteiger partial charge >= 0.3 is 5.97 Å². The fourth-order valence-electron chi connectivity index (χ4n) is 2.87. The zero-order chi connectivity index (χ0) is 20.8. The summed E-state index contributed by atoms with van der Waals surface area (Å²) in [4.78, 5) is 25.0. The average Bonchev–Trinajstić information content (AvgIpc) is 3.22. The highest BCUT2D eigenvalue weighted by atomic mass is 17.2. The summed E-state index contributed by atoms with van der Waals surface area (Å²) in [5.74, 6) is 1.47. The van der Waals surface area contributed by atoms with E-state index in [1.807, 2.05) is 60.7 Å². The third-order valence-corrected chi connectivity index (χ3v) is 4.18. The van der Waals surface area contributed by atoms with E-state index in [4.69, 9.17) is 14.0 Å². The molecule has 0 saturated carbocycles. The summed E-state index contributed by atoms with van der Waals surface area (Å²) in [6.07, 6.45) is 0. The molecule has 0 saturated heterocycles. The van der Waals surface area contributed by atoms with Gasteiger partial charge in [0.1, 0.15) is 11.4 Å². The second kappa shape index (κ2) is 8.96. The lowest BCUT2D eigenvalue weighted by atomic mass is 10.1. The molecule has 0 aliphatic heterocycles. The number of benzene rings is 3. The lowest BCUT2D eigenvalue weighted by Crippen LogP contribution is -2.03. The van der Waals surface area contributed by atoms with Gasteiger partial charge in [-0.3, -0.25) is 9.78 Å². The molecule has 4 aromatic rings. The van der Waals surface area contributed by atoms with Crippen LogP contribution in [0, 0.1) is 0 Å². The Bertz CT molecular complexity index is 1070. The number of carbonyl (C=O) groups is 1. The van der Waals surface area contributed by atoms with Crippen molar-refractivity contribution in [1.82, 2.24) is 4.98 Å². The van der Waals surface area contributed by atoms with Crippen LogP contribution in [0.2, 0.25) is 0 Å². The van der Waals surface area contributed by atoms with E-state index in [1.54, 1.807) is 24.3 Å². The fraction of sp³-hybridized carbons (Fsp3) is 0.0833. The number of hydrogen-bond donors (Lipinski definition) is 0. The molecule has 3 aromatic carbocycles. The topological polar surface area (TPSA) is 70.8 Å². The first kappa shape index (κ1) is 19.3. The first-order valence-corrected chi connectivity index (χ1v) is 9.37. The van der Waals surface area contributed by atoms with Crippen LogP contribution in [0.5, 0.6) is 11.5 Å². The molecule has 0 aliphatic rings. The molecule has 0 fully saturated rings. The summed E-state index contributed by atoms with van der Waals surface area (Å²) in [5, 5.41) is 0. The Kier molecular flexibility index (Phi) is 5.75. The highest BCUT2D eigenvalue weighted by molar-refractivity contribution is 5.76. The Morgan fingerprint density at radius 1 is 0.867 bits per heavy atom. The van der Waals surface area contributed by atoms with Crippen LogP contribution in [0.3, 0.4) is 0 Å². The van der Waals surface area contributed by atoms with Crippen molar-refractivity contribution >= 4 is 5.97 Å². The number of nitrogens with zero attached hydrogens (tertiary/aromatic N) is 1. The van der Waals surface area contributed by atoms with E-state index >= 15 is 0 Å². The van der Waals surface area contributed by atoms with Gasteiger partial charge in [0.15, 0.2) is 18.1 Å². The maximum absolute atomic E-state index is 10.9. The van der Waals surface area contributed by atoms with E-state index in [-0.39, 0.29) is 6.61 Å². The Morgan fingerprint density at radius 2 is 1.53 bits per heavy atom. The molecule has 150 valence electrons. The van der Waals surface area contributed by atoms with Crippen LogP contribution in [0.25, 0.3) is 22.6 Å². The number of hydrogen-bond acceptors (Lipinski definition) is 6. The summed E-state index contributed by atoms with van der Waals surface area (Å²) in [5.41, 5.74) is 2.65. The third-order valence-electron chi connectivity index (χ3n) is 4.18. The van der Waals surface area contributed by atoms with Gasteiger partial charge < -0.3 is 9.15 Å². The molecule has 0 unspecified atom stereocenters. The van der Waals surface area contributed by atoms with Crippen LogP contribution in [0.1, 0.15) is 12.8 Å². The van der Waals surface area contributed by atoms with Gasteiger partial charge in [0.2, 0.25) is 5.89 Å². The molecule has 0 bridgehead atoms. The number of rotatable bonds is 7. The molecule has 0 amide bonds. The normalized spacial score (nSPS) is 10.4. The van der Waals surface area contributed by atoms with E-state index in [0.29, 0.717) is 23.1 Å². The number of ether oxygens (including phenoxy) is 1. The minimum atomic E-state index is -0.539. The molecular weight excluding hydrogens is 382 g/mol. The van der Waals surface area contributed by atoms with Crippen LogP contribution in [-0.4, -0.2) is 11.0 Å². The van der Waals surface area contributed by atoms with Gasteiger partial charge in [-0.25, -0.2) is 9.78 Å². The van der Waals surface area contributed by atoms with Crippen LogP contribution < -0.4 is 9.62 Å². The maximum Gasteiger partial charge on any atom is 0.352 e. The molecule has 0 radical (unpaired) electrons. The zero-order valence-electron chi connectivity index (χ0n) is 16.3. The fourth-order valence-corrected chi connectivity index (χ4v) is 2.87. The van der Waals surface area contributed by atoms with Crippen molar-refractivity contribution in [3.05, 3.63) is 90.8 Å². The van der Waals surface area contributed by atoms with E-state index in [1.165, 1.54) is 6.92 Å². The van der Waals surface area contributed by atoms with Crippen LogP contribution in [0.4, 0.5) is 0 Å². The highest BCUT2D eigenvalue weighted by Gasteiger charge is 2.17. The third kappa shape index (κ3) is 4.67.